The maximum absolute atomic E-state index is 11.4. The quantitative estimate of drug-likeness (QED) is 0.877. The Morgan fingerprint density at radius 3 is 2.29 bits per heavy atom. The van der Waals surface area contributed by atoms with Gasteiger partial charge in [0, 0.05) is 11.8 Å². The largest absolute Gasteiger partial charge is 0.479 e. The number of aliphatic carboxylic acids is 1. The second kappa shape index (κ2) is 4.92. The molecule has 21 heavy (non-hydrogen) atoms. The van der Waals surface area contributed by atoms with Gasteiger partial charge in [-0.25, -0.2) is 17.9 Å². The Bertz CT molecular complexity index is 778. The summed E-state index contributed by atoms with van der Waals surface area (Å²) in [4.78, 5) is 11.5. The van der Waals surface area contributed by atoms with Crippen LogP contribution in [0.15, 0.2) is 29.2 Å². The van der Waals surface area contributed by atoms with Gasteiger partial charge < -0.3 is 5.11 Å². The van der Waals surface area contributed by atoms with Gasteiger partial charge in [-0.15, -0.1) is 5.10 Å². The third kappa shape index (κ3) is 2.77. The summed E-state index contributed by atoms with van der Waals surface area (Å²) in [7, 11) is -3.29. The first-order valence-corrected chi connectivity index (χ1v) is 7.86. The van der Waals surface area contributed by atoms with Crippen molar-refractivity contribution in [3.8, 4) is 11.4 Å². The minimum Gasteiger partial charge on any atom is -0.479 e. The van der Waals surface area contributed by atoms with Crippen LogP contribution >= 0.6 is 0 Å². The van der Waals surface area contributed by atoms with Crippen LogP contribution in [-0.4, -0.2) is 46.0 Å². The van der Waals surface area contributed by atoms with E-state index in [1.807, 2.05) is 0 Å². The lowest BCUT2D eigenvalue weighted by Gasteiger charge is -2.20. The molecule has 1 aromatic carbocycles. The average Bonchev–Trinajstić information content (AvgIpc) is 2.87. The summed E-state index contributed by atoms with van der Waals surface area (Å²) in [6.07, 6.45) is 1.11. The summed E-state index contributed by atoms with van der Waals surface area (Å²) < 4.78 is 24.0. The van der Waals surface area contributed by atoms with E-state index in [9.17, 15) is 18.3 Å². The summed E-state index contributed by atoms with van der Waals surface area (Å²) in [5, 5.41) is 20.3. The molecule has 0 amide bonds. The molecule has 0 aliphatic heterocycles. The molecule has 1 heterocycles. The molecule has 8 nitrogen and oxygen atoms in total. The van der Waals surface area contributed by atoms with Crippen molar-refractivity contribution in [1.82, 2.24) is 20.2 Å². The van der Waals surface area contributed by atoms with Gasteiger partial charge in [-0.05, 0) is 48.5 Å². The molecule has 0 spiro atoms. The van der Waals surface area contributed by atoms with E-state index in [4.69, 9.17) is 0 Å². The topological polar surface area (TPSA) is 115 Å². The van der Waals surface area contributed by atoms with E-state index in [0.717, 1.165) is 6.26 Å². The molecule has 2 rings (SSSR count). The highest BCUT2D eigenvalue weighted by Gasteiger charge is 2.33. The Labute approximate surface area is 121 Å². The van der Waals surface area contributed by atoms with Crippen molar-refractivity contribution in [3.63, 3.8) is 0 Å². The number of carbonyl (C=O) groups is 1. The third-order valence-corrected chi connectivity index (χ3v) is 4.19. The fourth-order valence-electron chi connectivity index (χ4n) is 1.69. The third-order valence-electron chi connectivity index (χ3n) is 3.06. The monoisotopic (exact) mass is 310 g/mol. The summed E-state index contributed by atoms with van der Waals surface area (Å²) >= 11 is 0. The molecule has 0 atom stereocenters. The van der Waals surface area contributed by atoms with E-state index in [2.05, 4.69) is 15.5 Å². The summed E-state index contributed by atoms with van der Waals surface area (Å²) in [5.41, 5.74) is -0.796. The lowest BCUT2D eigenvalue weighted by atomic mass is 10.1. The average molecular weight is 310 g/mol. The van der Waals surface area contributed by atoms with Crippen molar-refractivity contribution in [1.29, 1.82) is 0 Å². The highest BCUT2D eigenvalue weighted by molar-refractivity contribution is 7.90. The first-order chi connectivity index (χ1) is 9.64. The van der Waals surface area contributed by atoms with Gasteiger partial charge in [-0.3, -0.25) is 0 Å². The predicted molar refractivity (Wildman–Crippen MR) is 73.3 cm³/mol. The number of benzene rings is 1. The van der Waals surface area contributed by atoms with Crippen LogP contribution in [0.25, 0.3) is 11.4 Å². The van der Waals surface area contributed by atoms with Gasteiger partial charge in [0.1, 0.15) is 0 Å². The normalized spacial score (nSPS) is 12.3. The number of tetrazole rings is 1. The summed E-state index contributed by atoms with van der Waals surface area (Å²) in [6, 6.07) is 5.93. The zero-order valence-electron chi connectivity index (χ0n) is 11.7. The van der Waals surface area contributed by atoms with Gasteiger partial charge in [0.25, 0.3) is 0 Å². The van der Waals surface area contributed by atoms with Crippen LogP contribution in [0.4, 0.5) is 0 Å². The minimum atomic E-state index is -3.29. The van der Waals surface area contributed by atoms with Crippen molar-refractivity contribution in [2.24, 2.45) is 0 Å². The molecule has 9 heteroatoms. The number of sulfone groups is 1. The fraction of sp³-hybridized carbons (Fsp3) is 0.333. The minimum absolute atomic E-state index is 0.169. The standard InChI is InChI=1S/C12H14N4O4S/c1-12(2,11(17)18)16-10(13-14-15-16)8-4-6-9(7-5-8)21(3,19)20/h4-7H,1-3H3,(H,17,18). The van der Waals surface area contributed by atoms with E-state index >= 15 is 0 Å². The molecule has 1 N–H and O–H groups in total. The van der Waals surface area contributed by atoms with Crippen LogP contribution in [0, 0.1) is 0 Å². The molecule has 0 radical (unpaired) electrons. The van der Waals surface area contributed by atoms with Crippen molar-refractivity contribution >= 4 is 15.8 Å². The highest BCUT2D eigenvalue weighted by atomic mass is 32.2. The predicted octanol–water partition coefficient (Wildman–Crippen LogP) is 0.563. The molecular weight excluding hydrogens is 296 g/mol. The van der Waals surface area contributed by atoms with E-state index < -0.39 is 21.3 Å². The molecule has 0 saturated carbocycles. The van der Waals surface area contributed by atoms with Crippen LogP contribution in [0.2, 0.25) is 0 Å². The number of rotatable bonds is 4. The number of nitrogens with zero attached hydrogens (tertiary/aromatic N) is 4. The van der Waals surface area contributed by atoms with Crippen molar-refractivity contribution in [2.45, 2.75) is 24.3 Å². The van der Waals surface area contributed by atoms with Crippen molar-refractivity contribution in [2.75, 3.05) is 6.26 Å². The van der Waals surface area contributed by atoms with Crippen LogP contribution in [0.3, 0.4) is 0 Å². The van der Waals surface area contributed by atoms with E-state index in [1.165, 1.54) is 42.8 Å². The fourth-order valence-corrected chi connectivity index (χ4v) is 2.32. The number of carboxylic acids is 1. The molecule has 112 valence electrons. The number of carboxylic acid groups (broad SMARTS) is 1. The van der Waals surface area contributed by atoms with E-state index in [0.29, 0.717) is 5.56 Å². The molecule has 0 bridgehead atoms. The number of hydrogen-bond donors (Lipinski definition) is 1. The molecule has 0 fully saturated rings. The molecule has 2 aromatic rings. The lowest BCUT2D eigenvalue weighted by molar-refractivity contribution is -0.146. The Morgan fingerprint density at radius 1 is 1.24 bits per heavy atom. The summed E-state index contributed by atoms with van der Waals surface area (Å²) in [5.74, 6) is -0.828. The van der Waals surface area contributed by atoms with Crippen LogP contribution in [0.5, 0.6) is 0 Å². The zero-order chi connectivity index (χ0) is 15.8. The number of aromatic nitrogens is 4. The van der Waals surface area contributed by atoms with Gasteiger partial charge in [0.15, 0.2) is 21.2 Å². The SMILES string of the molecule is CC(C)(C(=O)O)n1nnnc1-c1ccc(S(C)(=O)=O)cc1. The lowest BCUT2D eigenvalue weighted by Crippen LogP contribution is -2.37. The number of hydrogen-bond acceptors (Lipinski definition) is 6. The molecular formula is C12H14N4O4S. The molecule has 0 aliphatic rings. The maximum Gasteiger partial charge on any atom is 0.331 e. The van der Waals surface area contributed by atoms with Gasteiger partial charge in [-0.1, -0.05) is 0 Å². The summed E-state index contributed by atoms with van der Waals surface area (Å²) in [6.45, 7) is 2.94. The van der Waals surface area contributed by atoms with Crippen LogP contribution < -0.4 is 0 Å². The van der Waals surface area contributed by atoms with E-state index in [1.54, 1.807) is 0 Å². The van der Waals surface area contributed by atoms with Gasteiger partial charge >= 0.3 is 5.97 Å². The first kappa shape index (κ1) is 15.1. The zero-order valence-corrected chi connectivity index (χ0v) is 12.5. The van der Waals surface area contributed by atoms with Gasteiger partial charge in [-0.2, -0.15) is 0 Å². The second-order valence-corrected chi connectivity index (χ2v) is 7.09. The first-order valence-electron chi connectivity index (χ1n) is 5.97. The molecule has 0 saturated heterocycles. The Hall–Kier alpha value is -2.29. The van der Waals surface area contributed by atoms with E-state index in [-0.39, 0.29) is 10.7 Å². The Morgan fingerprint density at radius 2 is 1.81 bits per heavy atom. The van der Waals surface area contributed by atoms with Gasteiger partial charge in [0.05, 0.1) is 4.90 Å². The van der Waals surface area contributed by atoms with Crippen LogP contribution in [-0.2, 0) is 20.2 Å². The highest BCUT2D eigenvalue weighted by Crippen LogP contribution is 2.24. The van der Waals surface area contributed by atoms with Crippen LogP contribution in [0.1, 0.15) is 13.8 Å². The maximum atomic E-state index is 11.4. The molecule has 1 aromatic heterocycles. The van der Waals surface area contributed by atoms with Crippen molar-refractivity contribution < 1.29 is 18.3 Å². The molecule has 0 unspecified atom stereocenters. The smallest absolute Gasteiger partial charge is 0.331 e. The van der Waals surface area contributed by atoms with Gasteiger partial charge in [0.2, 0.25) is 0 Å². The second-order valence-electron chi connectivity index (χ2n) is 5.08. The Balaban J connectivity index is 2.50. The van der Waals surface area contributed by atoms with Crippen molar-refractivity contribution in [3.05, 3.63) is 24.3 Å². The Kier molecular flexibility index (Phi) is 3.54. The molecule has 0 aliphatic carbocycles.